The molecule has 1 heterocycles. The maximum atomic E-state index is 11.4. The highest BCUT2D eigenvalue weighted by Crippen LogP contribution is 2.12. The molecule has 3 heteroatoms. The van der Waals surface area contributed by atoms with E-state index in [2.05, 4.69) is 5.32 Å². The minimum Gasteiger partial charge on any atom is -0.381 e. The Morgan fingerprint density at radius 1 is 1.67 bits per heavy atom. The number of carbonyl (C=O) groups is 1. The summed E-state index contributed by atoms with van der Waals surface area (Å²) in [6.45, 7) is 5.94. The summed E-state index contributed by atoms with van der Waals surface area (Å²) >= 11 is 0. The third-order valence-corrected chi connectivity index (χ3v) is 2.07. The smallest absolute Gasteiger partial charge is 0.152 e. The van der Waals surface area contributed by atoms with E-state index >= 15 is 0 Å². The first-order chi connectivity index (χ1) is 5.70. The van der Waals surface area contributed by atoms with Crippen molar-refractivity contribution in [1.29, 1.82) is 0 Å². The summed E-state index contributed by atoms with van der Waals surface area (Å²) in [5, 5.41) is 3.12. The van der Waals surface area contributed by atoms with Crippen LogP contribution < -0.4 is 5.32 Å². The molecule has 0 aromatic heterocycles. The molecule has 0 saturated carbocycles. The van der Waals surface area contributed by atoms with Crippen LogP contribution in [-0.2, 0) is 9.53 Å². The lowest BCUT2D eigenvalue weighted by molar-refractivity contribution is -0.122. The van der Waals surface area contributed by atoms with Gasteiger partial charge in [-0.15, -0.1) is 0 Å². The first kappa shape index (κ1) is 9.68. The fourth-order valence-electron chi connectivity index (χ4n) is 1.24. The Morgan fingerprint density at radius 3 is 2.92 bits per heavy atom. The Kier molecular flexibility index (Phi) is 3.69. The molecule has 1 atom stereocenters. The molecular formula is C9H17NO2. The highest BCUT2D eigenvalue weighted by molar-refractivity contribution is 5.83. The van der Waals surface area contributed by atoms with Crippen LogP contribution in [0.2, 0.25) is 0 Å². The highest BCUT2D eigenvalue weighted by atomic mass is 16.5. The monoisotopic (exact) mass is 171 g/mol. The number of ketones is 1. The van der Waals surface area contributed by atoms with E-state index in [1.54, 1.807) is 0 Å². The number of carbonyl (C=O) groups excluding carboxylic acids is 1. The van der Waals surface area contributed by atoms with E-state index in [0.717, 1.165) is 13.0 Å². The van der Waals surface area contributed by atoms with Crippen LogP contribution in [-0.4, -0.2) is 31.6 Å². The lowest BCUT2D eigenvalue weighted by Crippen LogP contribution is -2.32. The van der Waals surface area contributed by atoms with Crippen molar-refractivity contribution in [2.75, 3.05) is 19.8 Å². The lowest BCUT2D eigenvalue weighted by Gasteiger charge is -2.09. The van der Waals surface area contributed by atoms with Crippen molar-refractivity contribution in [3.05, 3.63) is 0 Å². The molecule has 0 bridgehead atoms. The summed E-state index contributed by atoms with van der Waals surface area (Å²) in [5.41, 5.74) is 0. The second-order valence-electron chi connectivity index (χ2n) is 3.56. The van der Waals surface area contributed by atoms with E-state index < -0.39 is 0 Å². The third kappa shape index (κ3) is 2.91. The molecule has 0 amide bonds. The van der Waals surface area contributed by atoms with Crippen LogP contribution in [0.4, 0.5) is 0 Å². The zero-order valence-electron chi connectivity index (χ0n) is 7.80. The second kappa shape index (κ2) is 4.58. The van der Waals surface area contributed by atoms with Gasteiger partial charge in [0, 0.05) is 18.6 Å². The summed E-state index contributed by atoms with van der Waals surface area (Å²) in [6, 6.07) is 0.385. The van der Waals surface area contributed by atoms with E-state index in [0.29, 0.717) is 25.0 Å². The molecular weight excluding hydrogens is 154 g/mol. The van der Waals surface area contributed by atoms with E-state index in [1.165, 1.54) is 0 Å². The van der Waals surface area contributed by atoms with Gasteiger partial charge in [-0.3, -0.25) is 4.79 Å². The molecule has 1 saturated heterocycles. The first-order valence-electron chi connectivity index (χ1n) is 4.54. The number of ether oxygens (including phenoxy) is 1. The third-order valence-electron chi connectivity index (χ3n) is 2.07. The average Bonchev–Trinajstić information content (AvgIpc) is 2.51. The number of hydrogen-bond acceptors (Lipinski definition) is 3. The topological polar surface area (TPSA) is 38.3 Å². The van der Waals surface area contributed by atoms with Crippen molar-refractivity contribution >= 4 is 5.78 Å². The molecule has 1 rings (SSSR count). The van der Waals surface area contributed by atoms with Gasteiger partial charge in [0.2, 0.25) is 0 Å². The molecule has 12 heavy (non-hydrogen) atoms. The van der Waals surface area contributed by atoms with Crippen LogP contribution in [0, 0.1) is 5.92 Å². The lowest BCUT2D eigenvalue weighted by atomic mass is 10.0. The van der Waals surface area contributed by atoms with Crippen LogP contribution >= 0.6 is 0 Å². The minimum absolute atomic E-state index is 0.149. The highest BCUT2D eigenvalue weighted by Gasteiger charge is 2.22. The molecule has 1 N–H and O–H groups in total. The van der Waals surface area contributed by atoms with Gasteiger partial charge in [-0.2, -0.15) is 0 Å². The normalized spacial score (nSPS) is 23.4. The first-order valence-corrected chi connectivity index (χ1v) is 4.54. The molecule has 1 aliphatic rings. The zero-order valence-corrected chi connectivity index (χ0v) is 7.80. The van der Waals surface area contributed by atoms with E-state index in [-0.39, 0.29) is 5.92 Å². The van der Waals surface area contributed by atoms with Crippen molar-refractivity contribution in [3.63, 3.8) is 0 Å². The van der Waals surface area contributed by atoms with Crippen molar-refractivity contribution in [2.24, 2.45) is 5.92 Å². The Labute approximate surface area is 73.5 Å². The minimum atomic E-state index is 0.149. The Bertz CT molecular complexity index is 151. The van der Waals surface area contributed by atoms with Crippen molar-refractivity contribution in [2.45, 2.75) is 26.3 Å². The van der Waals surface area contributed by atoms with Crippen LogP contribution in [0.1, 0.15) is 20.3 Å². The van der Waals surface area contributed by atoms with Gasteiger partial charge in [-0.1, -0.05) is 13.8 Å². The fraction of sp³-hybridized carbons (Fsp3) is 0.889. The molecule has 0 aromatic carbocycles. The maximum absolute atomic E-state index is 11.4. The molecule has 0 spiro atoms. The summed E-state index contributed by atoms with van der Waals surface area (Å²) in [6.07, 6.45) is 0.901. The SMILES string of the molecule is CC(C)NCC(=O)C1CCOC1. The van der Waals surface area contributed by atoms with E-state index in [1.807, 2.05) is 13.8 Å². The summed E-state index contributed by atoms with van der Waals surface area (Å²) in [5.74, 6) is 0.442. The van der Waals surface area contributed by atoms with Gasteiger partial charge in [0.25, 0.3) is 0 Å². The Balaban J connectivity index is 2.18. The van der Waals surface area contributed by atoms with E-state index in [9.17, 15) is 4.79 Å². The second-order valence-corrected chi connectivity index (χ2v) is 3.56. The van der Waals surface area contributed by atoms with Gasteiger partial charge >= 0.3 is 0 Å². The molecule has 1 unspecified atom stereocenters. The predicted molar refractivity (Wildman–Crippen MR) is 47.1 cm³/mol. The fourth-order valence-corrected chi connectivity index (χ4v) is 1.24. The van der Waals surface area contributed by atoms with Gasteiger partial charge < -0.3 is 10.1 Å². The van der Waals surface area contributed by atoms with Crippen LogP contribution in [0.15, 0.2) is 0 Å². The number of Topliss-reactive ketones (excluding diaryl/α,β-unsaturated/α-hetero) is 1. The Morgan fingerprint density at radius 2 is 2.42 bits per heavy atom. The summed E-state index contributed by atoms with van der Waals surface area (Å²) in [4.78, 5) is 11.4. The van der Waals surface area contributed by atoms with Crippen molar-refractivity contribution in [1.82, 2.24) is 5.32 Å². The van der Waals surface area contributed by atoms with Gasteiger partial charge in [0.15, 0.2) is 5.78 Å². The van der Waals surface area contributed by atoms with Gasteiger partial charge in [0.1, 0.15) is 0 Å². The molecule has 0 aromatic rings. The predicted octanol–water partition coefficient (Wildman–Crippen LogP) is 0.590. The largest absolute Gasteiger partial charge is 0.381 e. The van der Waals surface area contributed by atoms with Crippen LogP contribution in [0.5, 0.6) is 0 Å². The molecule has 1 fully saturated rings. The zero-order chi connectivity index (χ0) is 8.97. The van der Waals surface area contributed by atoms with Crippen molar-refractivity contribution in [3.8, 4) is 0 Å². The van der Waals surface area contributed by atoms with Gasteiger partial charge in [-0.25, -0.2) is 0 Å². The summed E-state index contributed by atoms with van der Waals surface area (Å²) in [7, 11) is 0. The molecule has 70 valence electrons. The number of hydrogen-bond donors (Lipinski definition) is 1. The number of nitrogens with one attached hydrogen (secondary N) is 1. The average molecular weight is 171 g/mol. The van der Waals surface area contributed by atoms with Crippen LogP contribution in [0.25, 0.3) is 0 Å². The molecule has 0 aliphatic carbocycles. The molecule has 1 aliphatic heterocycles. The van der Waals surface area contributed by atoms with Gasteiger partial charge in [-0.05, 0) is 6.42 Å². The standard InChI is InChI=1S/C9H17NO2/c1-7(2)10-5-9(11)8-3-4-12-6-8/h7-8,10H,3-6H2,1-2H3. The molecule has 0 radical (unpaired) electrons. The quantitative estimate of drug-likeness (QED) is 0.672. The maximum Gasteiger partial charge on any atom is 0.152 e. The van der Waals surface area contributed by atoms with Crippen molar-refractivity contribution < 1.29 is 9.53 Å². The number of rotatable bonds is 4. The summed E-state index contributed by atoms with van der Waals surface area (Å²) < 4.78 is 5.14. The van der Waals surface area contributed by atoms with Gasteiger partial charge in [0.05, 0.1) is 13.2 Å². The Hall–Kier alpha value is -0.410. The van der Waals surface area contributed by atoms with Crippen LogP contribution in [0.3, 0.4) is 0 Å². The molecule has 3 nitrogen and oxygen atoms in total. The van der Waals surface area contributed by atoms with E-state index in [4.69, 9.17) is 4.74 Å².